The van der Waals surface area contributed by atoms with Gasteiger partial charge in [0.15, 0.2) is 11.5 Å². The molecule has 0 aliphatic carbocycles. The van der Waals surface area contributed by atoms with Crippen LogP contribution in [0.25, 0.3) is 0 Å². The number of aromatic nitrogens is 3. The van der Waals surface area contributed by atoms with Gasteiger partial charge in [0.1, 0.15) is 18.3 Å². The van der Waals surface area contributed by atoms with Crippen molar-refractivity contribution < 1.29 is 23.9 Å². The number of methoxy groups -OCH3 is 1. The van der Waals surface area contributed by atoms with Crippen molar-refractivity contribution in [3.63, 3.8) is 0 Å². The van der Waals surface area contributed by atoms with Gasteiger partial charge in [-0.2, -0.15) is 0 Å². The molecule has 5 rings (SSSR count). The standard InChI is InChI=1S/C25H35N7O5/c1-15(2)9-19-24(34)26-12-18-14-32(30-29-18)7-8-37-21-6-5-16(10-22(21)36-4)23(33)27-17-11-20(25(35)28-19)31(3)13-17/h5-6,10,14-15,17,19-20H,7-9,11-13H2,1-4H3,(H,26,34)(H,27,33)(H,28,35)/t17-,19+,20-/m0/s1. The number of carbonyl (C=O) groups is 3. The van der Waals surface area contributed by atoms with E-state index in [4.69, 9.17) is 9.47 Å². The molecule has 12 nitrogen and oxygen atoms in total. The summed E-state index contributed by atoms with van der Waals surface area (Å²) < 4.78 is 12.9. The van der Waals surface area contributed by atoms with Gasteiger partial charge in [-0.05, 0) is 44.0 Å². The third-order valence-corrected chi connectivity index (χ3v) is 6.56. The quantitative estimate of drug-likeness (QED) is 0.534. The number of likely N-dealkylation sites (tertiary alicyclic amines) is 1. The van der Waals surface area contributed by atoms with E-state index in [2.05, 4.69) is 26.3 Å². The third-order valence-electron chi connectivity index (χ3n) is 6.56. The first-order valence-corrected chi connectivity index (χ1v) is 12.5. The van der Waals surface area contributed by atoms with Crippen LogP contribution in [-0.4, -0.2) is 83.0 Å². The summed E-state index contributed by atoms with van der Waals surface area (Å²) in [5.41, 5.74) is 1.03. The molecule has 1 aromatic carbocycles. The van der Waals surface area contributed by atoms with Crippen LogP contribution in [-0.2, 0) is 22.7 Å². The Morgan fingerprint density at radius 3 is 2.76 bits per heavy atom. The highest BCUT2D eigenvalue weighted by Crippen LogP contribution is 2.28. The molecule has 1 saturated heterocycles. The van der Waals surface area contributed by atoms with E-state index in [9.17, 15) is 14.4 Å². The number of ether oxygens (including phenoxy) is 2. The summed E-state index contributed by atoms with van der Waals surface area (Å²) in [7, 11) is 3.36. The number of likely N-dealkylation sites (N-methyl/N-ethyl adjacent to an activating group) is 1. The van der Waals surface area contributed by atoms with Crippen molar-refractivity contribution in [3.05, 3.63) is 35.7 Å². The van der Waals surface area contributed by atoms with Crippen LogP contribution in [0.2, 0.25) is 0 Å². The van der Waals surface area contributed by atoms with Crippen LogP contribution in [0.5, 0.6) is 11.5 Å². The summed E-state index contributed by atoms with van der Waals surface area (Å²) in [6, 6.07) is 3.65. The van der Waals surface area contributed by atoms with Crippen LogP contribution < -0.4 is 25.4 Å². The Labute approximate surface area is 216 Å². The maximum Gasteiger partial charge on any atom is 0.251 e. The Morgan fingerprint density at radius 2 is 2.00 bits per heavy atom. The zero-order chi connectivity index (χ0) is 26.5. The predicted molar refractivity (Wildman–Crippen MR) is 134 cm³/mol. The van der Waals surface area contributed by atoms with Gasteiger partial charge < -0.3 is 25.4 Å². The third kappa shape index (κ3) is 6.56. The number of rotatable bonds is 3. The monoisotopic (exact) mass is 513 g/mol. The largest absolute Gasteiger partial charge is 0.493 e. The number of nitrogens with zero attached hydrogens (tertiary/aromatic N) is 4. The molecule has 3 amide bonds. The molecule has 4 heterocycles. The second-order valence-corrected chi connectivity index (χ2v) is 9.96. The van der Waals surface area contributed by atoms with Crippen molar-refractivity contribution in [3.8, 4) is 11.5 Å². The summed E-state index contributed by atoms with van der Waals surface area (Å²) in [5, 5.41) is 17.0. The van der Waals surface area contributed by atoms with E-state index >= 15 is 0 Å². The molecular weight excluding hydrogens is 478 g/mol. The Morgan fingerprint density at radius 1 is 1.19 bits per heavy atom. The summed E-state index contributed by atoms with van der Waals surface area (Å²) in [5.74, 6) is 0.374. The van der Waals surface area contributed by atoms with Gasteiger partial charge in [0.2, 0.25) is 11.8 Å². The fourth-order valence-electron chi connectivity index (χ4n) is 4.66. The summed E-state index contributed by atoms with van der Waals surface area (Å²) in [6.07, 6.45) is 2.67. The maximum absolute atomic E-state index is 13.2. The first-order chi connectivity index (χ1) is 17.7. The van der Waals surface area contributed by atoms with E-state index in [1.54, 1.807) is 29.1 Å². The van der Waals surface area contributed by atoms with Gasteiger partial charge in [-0.1, -0.05) is 19.1 Å². The maximum atomic E-state index is 13.2. The lowest BCUT2D eigenvalue weighted by atomic mass is 10.0. The van der Waals surface area contributed by atoms with Crippen LogP contribution in [0, 0.1) is 5.92 Å². The number of fused-ring (bicyclic) bond motifs is 10. The van der Waals surface area contributed by atoms with Crippen molar-refractivity contribution in [2.24, 2.45) is 5.92 Å². The number of benzene rings is 1. The van der Waals surface area contributed by atoms with Crippen LogP contribution in [0.1, 0.15) is 42.7 Å². The SMILES string of the molecule is COc1cc2ccc1OCCn1cc(nn1)CNC(=O)[C@@H](CC(C)C)NC(=O)[C@@H]1C[C@@H](CN1C)NC2=O. The molecule has 37 heavy (non-hydrogen) atoms. The van der Waals surface area contributed by atoms with Crippen LogP contribution in [0.3, 0.4) is 0 Å². The number of hydrogen-bond donors (Lipinski definition) is 3. The van der Waals surface area contributed by atoms with Crippen molar-refractivity contribution in [2.75, 3.05) is 27.3 Å². The molecule has 0 spiro atoms. The minimum absolute atomic E-state index is 0.191. The first-order valence-electron chi connectivity index (χ1n) is 12.5. The fraction of sp³-hybridized carbons (Fsp3) is 0.560. The fourth-order valence-corrected chi connectivity index (χ4v) is 4.66. The lowest BCUT2D eigenvalue weighted by Crippen LogP contribution is -2.52. The van der Waals surface area contributed by atoms with Gasteiger partial charge in [-0.25, -0.2) is 4.68 Å². The van der Waals surface area contributed by atoms with E-state index in [-0.39, 0.29) is 36.2 Å². The zero-order valence-corrected chi connectivity index (χ0v) is 21.7. The van der Waals surface area contributed by atoms with Gasteiger partial charge >= 0.3 is 0 Å². The van der Waals surface area contributed by atoms with Crippen molar-refractivity contribution >= 4 is 17.7 Å². The zero-order valence-electron chi connectivity index (χ0n) is 21.7. The molecule has 0 saturated carbocycles. The van der Waals surface area contributed by atoms with E-state index < -0.39 is 12.1 Å². The average Bonchev–Trinajstić information content (AvgIpc) is 3.47. The Kier molecular flexibility index (Phi) is 8.27. The number of nitrogens with one attached hydrogen (secondary N) is 3. The Balaban J connectivity index is 1.57. The topological polar surface area (TPSA) is 140 Å². The van der Waals surface area contributed by atoms with E-state index in [0.717, 1.165) is 0 Å². The molecule has 0 radical (unpaired) electrons. The molecule has 12 heteroatoms. The van der Waals surface area contributed by atoms with Crippen LogP contribution in [0.15, 0.2) is 24.4 Å². The molecular formula is C25H35N7O5. The van der Waals surface area contributed by atoms with Gasteiger partial charge in [-0.3, -0.25) is 19.3 Å². The van der Waals surface area contributed by atoms with Crippen molar-refractivity contribution in [2.45, 2.75) is 57.9 Å². The predicted octanol–water partition coefficient (Wildman–Crippen LogP) is 0.329. The molecule has 0 unspecified atom stereocenters. The van der Waals surface area contributed by atoms with E-state index in [1.807, 2.05) is 25.8 Å². The molecule has 200 valence electrons. The van der Waals surface area contributed by atoms with Gasteiger partial charge in [0.05, 0.1) is 32.4 Å². The highest BCUT2D eigenvalue weighted by atomic mass is 16.5. The smallest absolute Gasteiger partial charge is 0.251 e. The van der Waals surface area contributed by atoms with Crippen LogP contribution in [0.4, 0.5) is 0 Å². The molecule has 3 N–H and O–H groups in total. The molecule has 1 aromatic heterocycles. The van der Waals surface area contributed by atoms with Gasteiger partial charge in [0.25, 0.3) is 5.91 Å². The molecule has 3 atom stereocenters. The Bertz CT molecular complexity index is 1130. The molecule has 2 aromatic rings. The molecule has 3 aliphatic heterocycles. The minimum atomic E-state index is -0.683. The minimum Gasteiger partial charge on any atom is -0.493 e. The van der Waals surface area contributed by atoms with E-state index in [1.165, 1.54) is 7.11 Å². The first kappa shape index (κ1) is 26.4. The normalized spacial score (nSPS) is 23.6. The number of amides is 3. The van der Waals surface area contributed by atoms with Crippen LogP contribution >= 0.6 is 0 Å². The van der Waals surface area contributed by atoms with E-state index in [0.29, 0.717) is 55.3 Å². The number of hydrogen-bond acceptors (Lipinski definition) is 8. The summed E-state index contributed by atoms with van der Waals surface area (Å²) in [6.45, 7) is 5.43. The lowest BCUT2D eigenvalue weighted by molar-refractivity contribution is -0.131. The second kappa shape index (κ2) is 11.6. The van der Waals surface area contributed by atoms with Gasteiger partial charge in [-0.15, -0.1) is 5.10 Å². The number of carbonyl (C=O) groups excluding carboxylic acids is 3. The van der Waals surface area contributed by atoms with Gasteiger partial charge in [0, 0.05) is 18.2 Å². The van der Waals surface area contributed by atoms with Crippen molar-refractivity contribution in [1.29, 1.82) is 0 Å². The van der Waals surface area contributed by atoms with Crippen molar-refractivity contribution in [1.82, 2.24) is 35.8 Å². The summed E-state index contributed by atoms with van der Waals surface area (Å²) in [4.78, 5) is 41.1. The lowest BCUT2D eigenvalue weighted by Gasteiger charge is -2.24. The highest BCUT2D eigenvalue weighted by molar-refractivity contribution is 5.95. The summed E-state index contributed by atoms with van der Waals surface area (Å²) >= 11 is 0. The second-order valence-electron chi connectivity index (χ2n) is 9.96. The molecule has 1 fully saturated rings. The molecule has 6 bridgehead atoms. The Hall–Kier alpha value is -3.67. The average molecular weight is 514 g/mol. The highest BCUT2D eigenvalue weighted by Gasteiger charge is 2.37. The molecule has 3 aliphatic rings.